The maximum absolute atomic E-state index is 5.59. The van der Waals surface area contributed by atoms with E-state index in [0.29, 0.717) is 16.0 Å². The van der Waals surface area contributed by atoms with Crippen molar-refractivity contribution < 1.29 is 0 Å². The lowest BCUT2D eigenvalue weighted by molar-refractivity contribution is 0.690. The van der Waals surface area contributed by atoms with E-state index in [-0.39, 0.29) is 0 Å². The van der Waals surface area contributed by atoms with Crippen molar-refractivity contribution in [2.75, 3.05) is 12.0 Å². The minimum Gasteiger partial charge on any atom is -0.368 e. The van der Waals surface area contributed by atoms with E-state index in [1.807, 2.05) is 0 Å². The van der Waals surface area contributed by atoms with Crippen molar-refractivity contribution in [2.45, 2.75) is 18.7 Å². The number of hydrogen-bond donors (Lipinski definition) is 2. The highest BCUT2D eigenvalue weighted by molar-refractivity contribution is 7.99. The maximum atomic E-state index is 5.59. The monoisotopic (exact) mass is 204 g/mol. The van der Waals surface area contributed by atoms with Gasteiger partial charge in [0.2, 0.25) is 5.95 Å². The Morgan fingerprint density at radius 2 is 2.50 bits per heavy atom. The molecule has 0 radical (unpaired) electrons. The van der Waals surface area contributed by atoms with E-state index in [1.165, 1.54) is 0 Å². The third-order valence-electron chi connectivity index (χ3n) is 1.63. The van der Waals surface area contributed by atoms with Gasteiger partial charge >= 0.3 is 0 Å². The van der Waals surface area contributed by atoms with Gasteiger partial charge in [-0.2, -0.15) is 11.8 Å². The average Bonchev–Trinajstić information content (AvgIpc) is 2.35. The molecule has 0 amide bonds. The summed E-state index contributed by atoms with van der Waals surface area (Å²) >= 11 is 6.77. The summed E-state index contributed by atoms with van der Waals surface area (Å²) in [5.74, 6) is 0.459. The van der Waals surface area contributed by atoms with Crippen LogP contribution in [0.1, 0.15) is 6.92 Å². The summed E-state index contributed by atoms with van der Waals surface area (Å²) in [6.07, 6.45) is 2.06. The summed E-state index contributed by atoms with van der Waals surface area (Å²) in [5, 5.41) is 6.96. The Morgan fingerprint density at radius 1 is 1.83 bits per heavy atom. The standard InChI is InChI=1S/C6H12N4S2/c1-4(12-2)3-10-5(7)8-9-6(10)11/h4H,3H2,1-2H3,(H2,7,8)(H,9,11). The van der Waals surface area contributed by atoms with Crippen LogP contribution in [0, 0.1) is 4.77 Å². The van der Waals surface area contributed by atoms with Crippen molar-refractivity contribution in [3.05, 3.63) is 4.77 Å². The predicted molar refractivity (Wildman–Crippen MR) is 54.8 cm³/mol. The van der Waals surface area contributed by atoms with Crippen LogP contribution in [0.5, 0.6) is 0 Å². The van der Waals surface area contributed by atoms with Crippen LogP contribution in [0.3, 0.4) is 0 Å². The Bertz CT molecular complexity index is 303. The molecular formula is C6H12N4S2. The van der Waals surface area contributed by atoms with Gasteiger partial charge in [0.1, 0.15) is 0 Å². The number of thioether (sulfide) groups is 1. The highest BCUT2D eigenvalue weighted by Crippen LogP contribution is 2.10. The molecule has 0 saturated heterocycles. The molecule has 0 saturated carbocycles. The molecule has 1 aromatic rings. The SMILES string of the molecule is CSC(C)Cn1c(N)n[nH]c1=S. The molecule has 68 valence electrons. The molecule has 1 atom stereocenters. The van der Waals surface area contributed by atoms with Gasteiger partial charge in [-0.15, -0.1) is 5.10 Å². The molecule has 12 heavy (non-hydrogen) atoms. The molecule has 6 heteroatoms. The predicted octanol–water partition coefficient (Wildman–Crippen LogP) is 1.27. The van der Waals surface area contributed by atoms with Crippen LogP contribution in [0.15, 0.2) is 0 Å². The van der Waals surface area contributed by atoms with Gasteiger partial charge in [0.25, 0.3) is 0 Å². The van der Waals surface area contributed by atoms with Crippen molar-refractivity contribution in [3.8, 4) is 0 Å². The minimum atomic E-state index is 0.459. The number of anilines is 1. The van der Waals surface area contributed by atoms with Gasteiger partial charge in [-0.1, -0.05) is 6.92 Å². The number of hydrogen-bond acceptors (Lipinski definition) is 4. The molecule has 3 N–H and O–H groups in total. The number of nitrogen functional groups attached to an aromatic ring is 1. The Kier molecular flexibility index (Phi) is 3.16. The molecule has 0 spiro atoms. The van der Waals surface area contributed by atoms with Gasteiger partial charge < -0.3 is 5.73 Å². The number of aromatic nitrogens is 3. The molecular weight excluding hydrogens is 192 g/mol. The van der Waals surface area contributed by atoms with E-state index >= 15 is 0 Å². The van der Waals surface area contributed by atoms with Crippen LogP contribution < -0.4 is 5.73 Å². The minimum absolute atomic E-state index is 0.459. The van der Waals surface area contributed by atoms with E-state index in [1.54, 1.807) is 16.3 Å². The summed E-state index contributed by atoms with van der Waals surface area (Å²) in [5.41, 5.74) is 5.59. The average molecular weight is 204 g/mol. The summed E-state index contributed by atoms with van der Waals surface area (Å²) in [4.78, 5) is 0. The fourth-order valence-corrected chi connectivity index (χ4v) is 1.35. The molecule has 1 rings (SSSR count). The quantitative estimate of drug-likeness (QED) is 0.728. The topological polar surface area (TPSA) is 59.6 Å². The third-order valence-corrected chi connectivity index (χ3v) is 2.90. The van der Waals surface area contributed by atoms with Crippen molar-refractivity contribution in [1.29, 1.82) is 0 Å². The van der Waals surface area contributed by atoms with Crippen LogP contribution in [0.4, 0.5) is 5.95 Å². The third kappa shape index (κ3) is 2.01. The molecule has 0 bridgehead atoms. The Hall–Kier alpha value is -0.490. The van der Waals surface area contributed by atoms with Gasteiger partial charge in [0, 0.05) is 11.8 Å². The van der Waals surface area contributed by atoms with Crippen LogP contribution in [-0.4, -0.2) is 26.3 Å². The lowest BCUT2D eigenvalue weighted by atomic mass is 10.5. The number of nitrogens with zero attached hydrogens (tertiary/aromatic N) is 2. The first-order valence-electron chi connectivity index (χ1n) is 3.58. The maximum Gasteiger partial charge on any atom is 0.220 e. The molecule has 0 aliphatic rings. The summed E-state index contributed by atoms with van der Waals surface area (Å²) in [6.45, 7) is 2.93. The molecule has 1 heterocycles. The van der Waals surface area contributed by atoms with Crippen LogP contribution >= 0.6 is 24.0 Å². The molecule has 0 fully saturated rings. The van der Waals surface area contributed by atoms with Gasteiger partial charge in [0.15, 0.2) is 4.77 Å². The van der Waals surface area contributed by atoms with E-state index in [2.05, 4.69) is 23.4 Å². The second-order valence-electron chi connectivity index (χ2n) is 2.54. The fourth-order valence-electron chi connectivity index (χ4n) is 0.838. The van der Waals surface area contributed by atoms with Crippen molar-refractivity contribution in [1.82, 2.24) is 14.8 Å². The van der Waals surface area contributed by atoms with E-state index < -0.39 is 0 Å². The van der Waals surface area contributed by atoms with Crippen molar-refractivity contribution in [3.63, 3.8) is 0 Å². The number of nitrogens with one attached hydrogen (secondary N) is 1. The Morgan fingerprint density at radius 3 is 2.92 bits per heavy atom. The zero-order chi connectivity index (χ0) is 9.14. The summed E-state index contributed by atoms with van der Waals surface area (Å²) < 4.78 is 2.39. The molecule has 0 aliphatic carbocycles. The first-order valence-corrected chi connectivity index (χ1v) is 5.28. The summed E-state index contributed by atoms with van der Waals surface area (Å²) in [7, 11) is 0. The lowest BCUT2D eigenvalue weighted by Gasteiger charge is -2.08. The number of rotatable bonds is 3. The van der Waals surface area contributed by atoms with E-state index in [9.17, 15) is 0 Å². The van der Waals surface area contributed by atoms with E-state index in [4.69, 9.17) is 18.0 Å². The largest absolute Gasteiger partial charge is 0.368 e. The highest BCUT2D eigenvalue weighted by atomic mass is 32.2. The van der Waals surface area contributed by atoms with Crippen LogP contribution in [-0.2, 0) is 6.54 Å². The molecule has 0 aromatic carbocycles. The van der Waals surface area contributed by atoms with Crippen molar-refractivity contribution >= 4 is 29.9 Å². The van der Waals surface area contributed by atoms with Gasteiger partial charge in [-0.25, -0.2) is 5.10 Å². The van der Waals surface area contributed by atoms with Crippen molar-refractivity contribution in [2.24, 2.45) is 0 Å². The number of nitrogens with two attached hydrogens (primary N) is 1. The highest BCUT2D eigenvalue weighted by Gasteiger charge is 2.05. The van der Waals surface area contributed by atoms with Crippen LogP contribution in [0.2, 0.25) is 0 Å². The zero-order valence-corrected chi connectivity index (χ0v) is 8.71. The smallest absolute Gasteiger partial charge is 0.220 e. The second-order valence-corrected chi connectivity index (χ2v) is 4.21. The number of H-pyrrole nitrogens is 1. The fraction of sp³-hybridized carbons (Fsp3) is 0.667. The lowest BCUT2D eigenvalue weighted by Crippen LogP contribution is -2.11. The normalized spacial score (nSPS) is 13.2. The first-order chi connectivity index (χ1) is 5.65. The molecule has 0 aliphatic heterocycles. The molecule has 1 unspecified atom stereocenters. The Labute approximate surface area is 80.5 Å². The van der Waals surface area contributed by atoms with E-state index in [0.717, 1.165) is 6.54 Å². The molecule has 1 aromatic heterocycles. The Balaban J connectivity index is 2.81. The van der Waals surface area contributed by atoms with Crippen LogP contribution in [0.25, 0.3) is 0 Å². The van der Waals surface area contributed by atoms with Gasteiger partial charge in [-0.05, 0) is 18.5 Å². The number of aromatic amines is 1. The molecule has 4 nitrogen and oxygen atoms in total. The van der Waals surface area contributed by atoms with Gasteiger partial charge in [-0.3, -0.25) is 4.57 Å². The summed E-state index contributed by atoms with van der Waals surface area (Å²) in [6, 6.07) is 0. The first kappa shape index (κ1) is 9.60. The zero-order valence-electron chi connectivity index (χ0n) is 7.07. The second kappa shape index (κ2) is 3.95. The van der Waals surface area contributed by atoms with Gasteiger partial charge in [0.05, 0.1) is 0 Å².